The summed E-state index contributed by atoms with van der Waals surface area (Å²) in [5.74, 6) is 0. The zero-order valence-corrected chi connectivity index (χ0v) is 78.3. The van der Waals surface area contributed by atoms with Crippen LogP contribution in [0, 0.1) is 0 Å². The molecule has 0 spiro atoms. The fraction of sp³-hybridized carbons (Fsp3) is 0.0455. The predicted molar refractivity (Wildman–Crippen MR) is 596 cm³/mol. The minimum atomic E-state index is -0.0390. The largest absolute Gasteiger partial charge is 0.310 e. The summed E-state index contributed by atoms with van der Waals surface area (Å²) >= 11 is 3.77. The standard InChI is InChI=1S/C48H30N2S.C45H31NS.C39H29N/c1-3-12-33(13-4-1)49(44-20-11-18-40-37-16-7-9-19-43(37)50(47(40)44)34-14-5-2-6-15-34)35-25-27-36-32(30-35)23-22-31-24-26-42-39(46(31)36)28-29-41-38-17-8-10-21-45(38)51-48(41)42;1-45(2)37-15-8-6-13-35(37)43-34-23-21-28-19-20-29-27-31(22-24-32(29)42(28)33(34)25-26-38(43)45)46(30-11-4-3-5-12-30)39-16-10-18-41-44(39)36-14-7-9-17-40(36)47-41;1-39(2)36-16-10-9-15-32(36)34-24-23-33-35(38(34)39)21-19-26-17-18-27-25-30(20-22-31(27)37(26)33)40(28-11-5-3-6-12-28)29-13-7-4-8-14-29/h1-30H;3-27H,1-2H3;3-25H,1-2H3. The first-order valence-electron chi connectivity index (χ1n) is 47.8. The molecule has 0 fully saturated rings. The zero-order chi connectivity index (χ0) is 91.6. The monoisotopic (exact) mass is 1790 g/mol. The maximum atomic E-state index is 2.43. The second kappa shape index (κ2) is 32.0. The molecule has 0 amide bonds. The number of hydrogen-bond acceptors (Lipinski definition) is 5. The molecule has 650 valence electrons. The summed E-state index contributed by atoms with van der Waals surface area (Å²) in [5, 5.41) is 31.1. The Labute approximate surface area is 807 Å². The molecule has 27 aromatic rings. The summed E-state index contributed by atoms with van der Waals surface area (Å²) in [5.41, 5.74) is 25.0. The van der Waals surface area contributed by atoms with Crippen molar-refractivity contribution in [1.29, 1.82) is 0 Å². The van der Waals surface area contributed by atoms with Gasteiger partial charge in [-0.3, -0.25) is 0 Å². The summed E-state index contributed by atoms with van der Waals surface area (Å²) in [4.78, 5) is 7.19. The molecule has 0 saturated carbocycles. The molecule has 0 atom stereocenters. The predicted octanol–water partition coefficient (Wildman–Crippen LogP) is 38.3. The lowest BCUT2D eigenvalue weighted by Crippen LogP contribution is -2.15. The highest BCUT2D eigenvalue weighted by molar-refractivity contribution is 7.27. The molecule has 138 heavy (non-hydrogen) atoms. The lowest BCUT2D eigenvalue weighted by molar-refractivity contribution is 0.661. The van der Waals surface area contributed by atoms with Gasteiger partial charge in [-0.25, -0.2) is 0 Å². The topological polar surface area (TPSA) is 14.7 Å². The van der Waals surface area contributed by atoms with Crippen molar-refractivity contribution in [3.63, 3.8) is 0 Å². The Bertz CT molecular complexity index is 9630. The summed E-state index contributed by atoms with van der Waals surface area (Å²) in [6.45, 7) is 9.47. The van der Waals surface area contributed by atoms with E-state index < -0.39 is 0 Å². The van der Waals surface area contributed by atoms with Gasteiger partial charge in [-0.15, -0.1) is 22.7 Å². The van der Waals surface area contributed by atoms with Gasteiger partial charge in [0.25, 0.3) is 0 Å². The molecule has 0 unspecified atom stereocenters. The SMILES string of the molecule is CC1(C)c2ccccc2-c2c1ccc1c2ccc2ccc3cc(N(c4ccccc4)c4cccc5sc6ccccc6c45)ccc3c21.CC1(C)c2ccccc2-c2ccc3c(ccc4ccc5cc(N(c6ccccc6)c6ccccc6)ccc5c43)c21.c1ccc(N(c2ccc3c(ccc4ccc5c(ccc6c7ccccc7sc65)c43)c2)c2cccc3c4ccccc4n(-c4ccccc4)c23)cc1. The van der Waals surface area contributed by atoms with Gasteiger partial charge in [0.1, 0.15) is 0 Å². The van der Waals surface area contributed by atoms with Crippen LogP contribution in [0.1, 0.15) is 49.9 Å². The number of aromatic nitrogens is 1. The number of fused-ring (bicyclic) bond motifs is 33. The van der Waals surface area contributed by atoms with Crippen LogP contribution < -0.4 is 14.7 Å². The highest BCUT2D eigenvalue weighted by atomic mass is 32.1. The Morgan fingerprint density at radius 2 is 0.601 bits per heavy atom. The van der Waals surface area contributed by atoms with E-state index in [-0.39, 0.29) is 10.8 Å². The third-order valence-electron chi connectivity index (χ3n) is 29.7. The van der Waals surface area contributed by atoms with Crippen LogP contribution in [0.2, 0.25) is 0 Å². The van der Waals surface area contributed by atoms with Crippen LogP contribution in [0.5, 0.6) is 0 Å². The summed E-state index contributed by atoms with van der Waals surface area (Å²) in [6, 6.07) is 174. The Hall–Kier alpha value is -16.7. The van der Waals surface area contributed by atoms with Crippen molar-refractivity contribution in [3.05, 3.63) is 495 Å². The Balaban J connectivity index is 0.000000105. The number of anilines is 9. The van der Waals surface area contributed by atoms with Gasteiger partial charge in [-0.1, -0.05) is 367 Å². The van der Waals surface area contributed by atoms with Crippen molar-refractivity contribution in [3.8, 4) is 27.9 Å². The molecule has 4 nitrogen and oxygen atoms in total. The van der Waals surface area contributed by atoms with Crippen molar-refractivity contribution in [2.45, 2.75) is 38.5 Å². The molecule has 3 aromatic heterocycles. The first kappa shape index (κ1) is 80.9. The number of hydrogen-bond donors (Lipinski definition) is 0. The second-order valence-corrected chi connectivity index (χ2v) is 40.1. The average Bonchev–Trinajstić information content (AvgIpc) is 1.49. The molecule has 0 bridgehead atoms. The van der Waals surface area contributed by atoms with Crippen LogP contribution in [-0.4, -0.2) is 4.57 Å². The van der Waals surface area contributed by atoms with E-state index in [0.717, 1.165) is 51.2 Å². The van der Waals surface area contributed by atoms with Gasteiger partial charge < -0.3 is 19.3 Å². The molecular weight excluding hydrogens is 1710 g/mol. The first-order chi connectivity index (χ1) is 68.0. The van der Waals surface area contributed by atoms with E-state index in [1.54, 1.807) is 0 Å². The first-order valence-corrected chi connectivity index (χ1v) is 49.5. The fourth-order valence-electron chi connectivity index (χ4n) is 23.5. The van der Waals surface area contributed by atoms with Crippen LogP contribution >= 0.6 is 22.7 Å². The molecule has 0 aliphatic heterocycles. The maximum Gasteiger partial charge on any atom is 0.0782 e. The van der Waals surface area contributed by atoms with Crippen LogP contribution in [0.3, 0.4) is 0 Å². The number of rotatable bonds is 10. The van der Waals surface area contributed by atoms with Crippen LogP contribution in [0.4, 0.5) is 51.2 Å². The average molecular weight is 1800 g/mol. The molecule has 0 saturated heterocycles. The third-order valence-corrected chi connectivity index (χ3v) is 32.1. The van der Waals surface area contributed by atoms with Crippen molar-refractivity contribution >= 4 is 233 Å². The van der Waals surface area contributed by atoms with E-state index in [4.69, 9.17) is 0 Å². The summed E-state index contributed by atoms with van der Waals surface area (Å²) < 4.78 is 7.75. The molecular formula is C132H90N4S2. The molecule has 0 radical (unpaired) electrons. The molecule has 6 heteroatoms. The smallest absolute Gasteiger partial charge is 0.0782 e. The fourth-order valence-corrected chi connectivity index (χ4v) is 25.9. The molecule has 2 aliphatic rings. The van der Waals surface area contributed by atoms with E-state index in [2.05, 4.69) is 520 Å². The van der Waals surface area contributed by atoms with Gasteiger partial charge in [0.2, 0.25) is 0 Å². The molecule has 0 N–H and O–H groups in total. The van der Waals surface area contributed by atoms with Crippen LogP contribution in [0.25, 0.3) is 187 Å². The number of nitrogens with zero attached hydrogens (tertiary/aromatic N) is 4. The van der Waals surface area contributed by atoms with E-state index in [9.17, 15) is 0 Å². The van der Waals surface area contributed by atoms with E-state index in [0.29, 0.717) is 0 Å². The maximum absolute atomic E-state index is 2.43. The lowest BCUT2D eigenvalue weighted by atomic mass is 9.79. The summed E-state index contributed by atoms with van der Waals surface area (Å²) in [6.07, 6.45) is 0. The van der Waals surface area contributed by atoms with Crippen molar-refractivity contribution < 1.29 is 0 Å². The number of benzene rings is 24. The van der Waals surface area contributed by atoms with E-state index >= 15 is 0 Å². The molecule has 24 aromatic carbocycles. The molecule has 2 aliphatic carbocycles. The third kappa shape index (κ3) is 12.7. The highest BCUT2D eigenvalue weighted by Gasteiger charge is 2.39. The Kier molecular flexibility index (Phi) is 18.7. The van der Waals surface area contributed by atoms with Crippen LogP contribution in [0.15, 0.2) is 473 Å². The lowest BCUT2D eigenvalue weighted by Gasteiger charge is -2.27. The van der Waals surface area contributed by atoms with Gasteiger partial charge in [0.15, 0.2) is 0 Å². The Morgan fingerprint density at radius 1 is 0.210 bits per heavy atom. The van der Waals surface area contributed by atoms with Crippen molar-refractivity contribution in [1.82, 2.24) is 4.57 Å². The molecule has 29 rings (SSSR count). The minimum absolute atomic E-state index is 0.0136. The van der Waals surface area contributed by atoms with Gasteiger partial charge >= 0.3 is 0 Å². The van der Waals surface area contributed by atoms with E-state index in [1.807, 2.05) is 22.7 Å². The van der Waals surface area contributed by atoms with Gasteiger partial charge in [0, 0.05) is 113 Å². The summed E-state index contributed by atoms with van der Waals surface area (Å²) in [7, 11) is 0. The number of thiophene rings is 2. The van der Waals surface area contributed by atoms with Crippen molar-refractivity contribution in [2.24, 2.45) is 0 Å². The van der Waals surface area contributed by atoms with Crippen molar-refractivity contribution in [2.75, 3.05) is 14.7 Å². The second-order valence-electron chi connectivity index (χ2n) is 38.0. The quantitative estimate of drug-likeness (QED) is 0.127. The van der Waals surface area contributed by atoms with Gasteiger partial charge in [-0.05, 0) is 270 Å². The molecule has 3 heterocycles. The Morgan fingerprint density at radius 3 is 1.21 bits per heavy atom. The van der Waals surface area contributed by atoms with Gasteiger partial charge in [0.05, 0.1) is 22.4 Å². The van der Waals surface area contributed by atoms with Crippen LogP contribution in [-0.2, 0) is 10.8 Å². The number of para-hydroxylation sites is 7. The highest BCUT2D eigenvalue weighted by Crippen LogP contribution is 2.57. The van der Waals surface area contributed by atoms with E-state index in [1.165, 1.54) is 209 Å². The zero-order valence-electron chi connectivity index (χ0n) is 76.6. The van der Waals surface area contributed by atoms with Gasteiger partial charge in [-0.2, -0.15) is 0 Å². The normalized spacial score (nSPS) is 12.9. The minimum Gasteiger partial charge on any atom is -0.310 e.